The second kappa shape index (κ2) is 12.8. The Labute approximate surface area is 235 Å². The van der Waals surface area contributed by atoms with Crippen LogP contribution in [0.5, 0.6) is 0 Å². The summed E-state index contributed by atoms with van der Waals surface area (Å²) >= 11 is 6.39. The van der Waals surface area contributed by atoms with Crippen LogP contribution in [0.4, 0.5) is 10.5 Å². The molecule has 8 heteroatoms. The fraction of sp³-hybridized carbons (Fsp3) is 0.323. The van der Waals surface area contributed by atoms with Crippen molar-refractivity contribution in [1.29, 1.82) is 0 Å². The van der Waals surface area contributed by atoms with Gasteiger partial charge in [-0.05, 0) is 57.4 Å². The minimum Gasteiger partial charge on any atom is -0.444 e. The third-order valence-electron chi connectivity index (χ3n) is 6.08. The maximum atomic E-state index is 14.0. The third kappa shape index (κ3) is 8.32. The van der Waals surface area contributed by atoms with E-state index in [1.165, 1.54) is 4.90 Å². The van der Waals surface area contributed by atoms with E-state index in [2.05, 4.69) is 10.6 Å². The lowest BCUT2D eigenvalue weighted by Crippen LogP contribution is -2.52. The van der Waals surface area contributed by atoms with E-state index in [-0.39, 0.29) is 6.42 Å². The molecular weight excluding hydrogens is 514 g/mol. The Bertz CT molecular complexity index is 1300. The van der Waals surface area contributed by atoms with Gasteiger partial charge < -0.3 is 20.3 Å². The van der Waals surface area contributed by atoms with Crippen LogP contribution in [-0.4, -0.2) is 41.5 Å². The fourth-order valence-corrected chi connectivity index (χ4v) is 4.51. The molecule has 3 aromatic carbocycles. The number of likely N-dealkylation sites (N-methyl/N-ethyl adjacent to an activating group) is 1. The normalized spacial score (nSPS) is 12.7. The van der Waals surface area contributed by atoms with Gasteiger partial charge in [-0.1, -0.05) is 83.9 Å². The standard InChI is InChI=1S/C31H36ClN3O4/c1-20-12-10-16-23(18-20)27(28(36)34-26-21(2)13-11-17-24(26)32)35(6)29(37)25(19-22-14-8-7-9-15-22)33-30(38)39-31(3,4)5/h7-18,25,27H,19H2,1-6H3,(H,33,38)(H,34,36). The second-order valence-electron chi connectivity index (χ2n) is 10.6. The summed E-state index contributed by atoms with van der Waals surface area (Å²) in [6.07, 6.45) is -0.497. The van der Waals surface area contributed by atoms with E-state index in [1.54, 1.807) is 46.0 Å². The molecule has 7 nitrogen and oxygen atoms in total. The number of carbonyl (C=O) groups excluding carboxylic acids is 3. The first-order valence-corrected chi connectivity index (χ1v) is 13.2. The molecule has 2 unspecified atom stereocenters. The topological polar surface area (TPSA) is 87.7 Å². The molecule has 0 saturated carbocycles. The molecule has 0 spiro atoms. The molecule has 0 aliphatic heterocycles. The number of carbonyl (C=O) groups is 3. The quantitative estimate of drug-likeness (QED) is 0.348. The van der Waals surface area contributed by atoms with Gasteiger partial charge in [-0.2, -0.15) is 0 Å². The van der Waals surface area contributed by atoms with Crippen molar-refractivity contribution in [3.05, 3.63) is 100 Å². The van der Waals surface area contributed by atoms with Gasteiger partial charge >= 0.3 is 6.09 Å². The fourth-order valence-electron chi connectivity index (χ4n) is 4.25. The molecule has 3 amide bonds. The Balaban J connectivity index is 1.97. The zero-order chi connectivity index (χ0) is 28.7. The van der Waals surface area contributed by atoms with E-state index in [4.69, 9.17) is 16.3 Å². The van der Waals surface area contributed by atoms with Gasteiger partial charge in [-0.3, -0.25) is 9.59 Å². The zero-order valence-corrected chi connectivity index (χ0v) is 24.0. The SMILES string of the molecule is Cc1cccc(C(C(=O)Nc2c(C)cccc2Cl)N(C)C(=O)C(Cc2ccccc2)NC(=O)OC(C)(C)C)c1. The number of benzene rings is 3. The van der Waals surface area contributed by atoms with Crippen LogP contribution < -0.4 is 10.6 Å². The highest BCUT2D eigenvalue weighted by atomic mass is 35.5. The first-order chi connectivity index (χ1) is 18.4. The number of para-hydroxylation sites is 1. The molecule has 206 valence electrons. The van der Waals surface area contributed by atoms with E-state index in [0.717, 1.165) is 16.7 Å². The van der Waals surface area contributed by atoms with Crippen molar-refractivity contribution < 1.29 is 19.1 Å². The van der Waals surface area contributed by atoms with Crippen molar-refractivity contribution in [2.75, 3.05) is 12.4 Å². The van der Waals surface area contributed by atoms with Crippen LogP contribution in [0.15, 0.2) is 72.8 Å². The zero-order valence-electron chi connectivity index (χ0n) is 23.2. The number of amides is 3. The largest absolute Gasteiger partial charge is 0.444 e. The van der Waals surface area contributed by atoms with Crippen molar-refractivity contribution in [3.8, 4) is 0 Å². The van der Waals surface area contributed by atoms with Crippen molar-refractivity contribution >= 4 is 35.2 Å². The Morgan fingerprint density at radius 2 is 1.62 bits per heavy atom. The molecule has 0 bridgehead atoms. The minimum absolute atomic E-state index is 0.217. The second-order valence-corrected chi connectivity index (χ2v) is 11.0. The van der Waals surface area contributed by atoms with Crippen molar-refractivity contribution in [2.45, 2.75) is 58.7 Å². The Morgan fingerprint density at radius 3 is 2.23 bits per heavy atom. The summed E-state index contributed by atoms with van der Waals surface area (Å²) in [5, 5.41) is 6.04. The Kier molecular flexibility index (Phi) is 9.76. The molecule has 2 N–H and O–H groups in total. The molecule has 0 heterocycles. The summed E-state index contributed by atoms with van der Waals surface area (Å²) in [4.78, 5) is 41.9. The molecule has 3 rings (SSSR count). The van der Waals surface area contributed by atoms with Gasteiger partial charge in [-0.15, -0.1) is 0 Å². The molecular formula is C31H36ClN3O4. The summed E-state index contributed by atoms with van der Waals surface area (Å²) in [5.41, 5.74) is 2.95. The number of nitrogens with zero attached hydrogens (tertiary/aromatic N) is 1. The predicted octanol–water partition coefficient (Wildman–Crippen LogP) is 6.23. The van der Waals surface area contributed by atoms with Crippen LogP contribution in [0.2, 0.25) is 5.02 Å². The van der Waals surface area contributed by atoms with Crippen LogP contribution in [0.1, 0.15) is 49.1 Å². The molecule has 0 aliphatic carbocycles. The molecule has 39 heavy (non-hydrogen) atoms. The van der Waals surface area contributed by atoms with Crippen LogP contribution in [0.25, 0.3) is 0 Å². The number of anilines is 1. The molecule has 0 fully saturated rings. The van der Waals surface area contributed by atoms with Gasteiger partial charge in [-0.25, -0.2) is 4.79 Å². The monoisotopic (exact) mass is 549 g/mol. The molecule has 0 aliphatic rings. The summed E-state index contributed by atoms with van der Waals surface area (Å²) in [6, 6.07) is 20.2. The lowest BCUT2D eigenvalue weighted by atomic mass is 9.99. The third-order valence-corrected chi connectivity index (χ3v) is 6.40. The van der Waals surface area contributed by atoms with Crippen molar-refractivity contribution in [2.24, 2.45) is 0 Å². The number of nitrogens with one attached hydrogen (secondary N) is 2. The Morgan fingerprint density at radius 1 is 0.949 bits per heavy atom. The highest BCUT2D eigenvalue weighted by molar-refractivity contribution is 6.34. The average Bonchev–Trinajstić information content (AvgIpc) is 2.85. The highest BCUT2D eigenvalue weighted by Crippen LogP contribution is 2.29. The first kappa shape index (κ1) is 29.7. The number of ether oxygens (including phenoxy) is 1. The Hall–Kier alpha value is -3.84. The van der Waals surface area contributed by atoms with E-state index in [1.807, 2.05) is 68.4 Å². The van der Waals surface area contributed by atoms with Crippen molar-refractivity contribution in [1.82, 2.24) is 10.2 Å². The molecule has 0 aromatic heterocycles. The molecule has 2 atom stereocenters. The molecule has 0 radical (unpaired) electrons. The van der Waals surface area contributed by atoms with Crippen LogP contribution in [-0.2, 0) is 20.7 Å². The highest BCUT2D eigenvalue weighted by Gasteiger charge is 2.34. The smallest absolute Gasteiger partial charge is 0.408 e. The van der Waals surface area contributed by atoms with E-state index in [9.17, 15) is 14.4 Å². The summed E-state index contributed by atoms with van der Waals surface area (Å²) < 4.78 is 5.43. The number of halogens is 1. The number of hydrogen-bond acceptors (Lipinski definition) is 4. The van der Waals surface area contributed by atoms with Gasteiger partial charge in [0.2, 0.25) is 5.91 Å². The maximum absolute atomic E-state index is 14.0. The van der Waals surface area contributed by atoms with Gasteiger partial charge in [0.25, 0.3) is 5.91 Å². The molecule has 3 aromatic rings. The lowest BCUT2D eigenvalue weighted by molar-refractivity contribution is -0.139. The average molecular weight is 550 g/mol. The number of alkyl carbamates (subject to hydrolysis) is 1. The van der Waals surface area contributed by atoms with Crippen LogP contribution >= 0.6 is 11.6 Å². The summed E-state index contributed by atoms with van der Waals surface area (Å²) in [7, 11) is 1.56. The minimum atomic E-state index is -0.994. The number of aryl methyl sites for hydroxylation is 2. The van der Waals surface area contributed by atoms with Gasteiger partial charge in [0.05, 0.1) is 10.7 Å². The van der Waals surface area contributed by atoms with E-state index < -0.39 is 35.6 Å². The van der Waals surface area contributed by atoms with Gasteiger partial charge in [0, 0.05) is 13.5 Å². The van der Waals surface area contributed by atoms with Crippen LogP contribution in [0.3, 0.4) is 0 Å². The number of rotatable bonds is 8. The number of hydrogen-bond donors (Lipinski definition) is 2. The van der Waals surface area contributed by atoms with Crippen molar-refractivity contribution in [3.63, 3.8) is 0 Å². The van der Waals surface area contributed by atoms with E-state index >= 15 is 0 Å². The lowest BCUT2D eigenvalue weighted by Gasteiger charge is -2.32. The van der Waals surface area contributed by atoms with Gasteiger partial charge in [0.15, 0.2) is 0 Å². The predicted molar refractivity (Wildman–Crippen MR) is 155 cm³/mol. The van der Waals surface area contributed by atoms with Gasteiger partial charge in [0.1, 0.15) is 17.7 Å². The van der Waals surface area contributed by atoms with E-state index in [0.29, 0.717) is 16.3 Å². The summed E-state index contributed by atoms with van der Waals surface area (Å²) in [5.74, 6) is -0.870. The first-order valence-electron chi connectivity index (χ1n) is 12.8. The molecule has 0 saturated heterocycles. The maximum Gasteiger partial charge on any atom is 0.408 e. The van der Waals surface area contributed by atoms with Crippen LogP contribution in [0, 0.1) is 13.8 Å². The summed E-state index contributed by atoms with van der Waals surface area (Å²) in [6.45, 7) is 9.02.